The van der Waals surface area contributed by atoms with Crippen LogP contribution in [0.15, 0.2) is 28.9 Å². The van der Waals surface area contributed by atoms with E-state index in [9.17, 15) is 0 Å². The van der Waals surface area contributed by atoms with Gasteiger partial charge in [0.25, 0.3) is 0 Å². The molecule has 0 amide bonds. The van der Waals surface area contributed by atoms with Crippen molar-refractivity contribution in [1.82, 2.24) is 5.32 Å². The van der Waals surface area contributed by atoms with E-state index in [1.54, 1.807) is 6.26 Å². The Hall–Kier alpha value is -0.670. The molecule has 1 aromatic heterocycles. The predicted molar refractivity (Wildman–Crippen MR) is 68.2 cm³/mol. The summed E-state index contributed by atoms with van der Waals surface area (Å²) in [5.74, 6) is 2.86. The van der Waals surface area contributed by atoms with Gasteiger partial charge in [-0.1, -0.05) is 13.0 Å². The highest BCUT2D eigenvalue weighted by atomic mass is 32.2. The van der Waals surface area contributed by atoms with Gasteiger partial charge in [-0.3, -0.25) is 0 Å². The van der Waals surface area contributed by atoms with E-state index < -0.39 is 0 Å². The lowest BCUT2D eigenvalue weighted by Gasteiger charge is -2.09. The molecule has 2 nitrogen and oxygen atoms in total. The molecule has 0 bridgehead atoms. The van der Waals surface area contributed by atoms with Crippen LogP contribution in [-0.4, -0.2) is 25.1 Å². The highest BCUT2D eigenvalue weighted by molar-refractivity contribution is 7.98. The van der Waals surface area contributed by atoms with Crippen molar-refractivity contribution in [2.75, 3.05) is 25.1 Å². The van der Waals surface area contributed by atoms with Crippen LogP contribution in [0.3, 0.4) is 0 Å². The zero-order valence-corrected chi connectivity index (χ0v) is 10.2. The summed E-state index contributed by atoms with van der Waals surface area (Å²) in [5.41, 5.74) is 0. The molecular formula is C12H19NOS. The number of furan rings is 1. The van der Waals surface area contributed by atoms with Crippen molar-refractivity contribution < 1.29 is 4.42 Å². The molecule has 1 heterocycles. The Balaban J connectivity index is 2.06. The Morgan fingerprint density at radius 2 is 2.47 bits per heavy atom. The third-order valence-electron chi connectivity index (χ3n) is 2.03. The summed E-state index contributed by atoms with van der Waals surface area (Å²) in [5, 5.41) is 3.39. The molecule has 0 fully saturated rings. The first-order valence-electron chi connectivity index (χ1n) is 5.22. The third kappa shape index (κ3) is 5.70. The van der Waals surface area contributed by atoms with Crippen molar-refractivity contribution in [2.45, 2.75) is 6.92 Å². The molecule has 15 heavy (non-hydrogen) atoms. The maximum atomic E-state index is 5.18. The molecule has 0 saturated carbocycles. The van der Waals surface area contributed by atoms with E-state index >= 15 is 0 Å². The Kier molecular flexibility index (Phi) is 6.28. The fourth-order valence-electron chi connectivity index (χ4n) is 1.32. The van der Waals surface area contributed by atoms with Crippen molar-refractivity contribution >= 4 is 17.8 Å². The number of hydrogen-bond acceptors (Lipinski definition) is 3. The number of hydrogen-bond donors (Lipinski definition) is 1. The molecule has 0 aliphatic carbocycles. The molecule has 0 aliphatic heterocycles. The number of thioether (sulfide) groups is 1. The molecule has 0 aliphatic rings. The van der Waals surface area contributed by atoms with E-state index in [0.717, 1.165) is 24.8 Å². The summed E-state index contributed by atoms with van der Waals surface area (Å²) >= 11 is 1.90. The van der Waals surface area contributed by atoms with Crippen molar-refractivity contribution in [2.24, 2.45) is 5.92 Å². The van der Waals surface area contributed by atoms with Gasteiger partial charge >= 0.3 is 0 Å². The zero-order valence-electron chi connectivity index (χ0n) is 9.40. The van der Waals surface area contributed by atoms with E-state index in [-0.39, 0.29) is 0 Å². The van der Waals surface area contributed by atoms with Gasteiger partial charge in [0.05, 0.1) is 6.26 Å². The van der Waals surface area contributed by atoms with Gasteiger partial charge in [0.2, 0.25) is 0 Å². The summed E-state index contributed by atoms with van der Waals surface area (Å²) in [7, 11) is 0. The van der Waals surface area contributed by atoms with Gasteiger partial charge in [-0.05, 0) is 42.7 Å². The maximum absolute atomic E-state index is 5.18. The van der Waals surface area contributed by atoms with Crippen LogP contribution in [0, 0.1) is 5.92 Å². The van der Waals surface area contributed by atoms with Crippen molar-refractivity contribution in [3.63, 3.8) is 0 Å². The van der Waals surface area contributed by atoms with Crippen LogP contribution in [-0.2, 0) is 0 Å². The Labute approximate surface area is 96.1 Å². The minimum absolute atomic E-state index is 0.733. The second kappa shape index (κ2) is 7.60. The summed E-state index contributed by atoms with van der Waals surface area (Å²) in [6, 6.07) is 3.85. The van der Waals surface area contributed by atoms with Crippen LogP contribution in [0.2, 0.25) is 0 Å². The quantitative estimate of drug-likeness (QED) is 0.722. The Morgan fingerprint density at radius 3 is 3.13 bits per heavy atom. The van der Waals surface area contributed by atoms with Gasteiger partial charge in [0, 0.05) is 6.54 Å². The first-order valence-corrected chi connectivity index (χ1v) is 6.62. The summed E-state index contributed by atoms with van der Waals surface area (Å²) < 4.78 is 5.18. The topological polar surface area (TPSA) is 25.2 Å². The van der Waals surface area contributed by atoms with Gasteiger partial charge in [-0.2, -0.15) is 11.8 Å². The number of rotatable bonds is 7. The fraction of sp³-hybridized carbons (Fsp3) is 0.500. The summed E-state index contributed by atoms with van der Waals surface area (Å²) in [6.07, 6.45) is 7.91. The van der Waals surface area contributed by atoms with Gasteiger partial charge < -0.3 is 9.73 Å². The van der Waals surface area contributed by atoms with Crippen molar-refractivity contribution in [1.29, 1.82) is 0 Å². The van der Waals surface area contributed by atoms with Gasteiger partial charge in [-0.15, -0.1) is 0 Å². The molecule has 1 aromatic rings. The normalized spacial score (nSPS) is 13.5. The van der Waals surface area contributed by atoms with Crippen molar-refractivity contribution in [3.05, 3.63) is 30.2 Å². The minimum Gasteiger partial charge on any atom is -0.465 e. The first kappa shape index (κ1) is 12.4. The highest BCUT2D eigenvalue weighted by Gasteiger charge is 1.98. The van der Waals surface area contributed by atoms with Gasteiger partial charge in [0.1, 0.15) is 5.76 Å². The van der Waals surface area contributed by atoms with E-state index in [2.05, 4.69) is 24.6 Å². The average molecular weight is 225 g/mol. The Morgan fingerprint density at radius 1 is 1.60 bits per heavy atom. The van der Waals surface area contributed by atoms with Crippen LogP contribution in [0.4, 0.5) is 0 Å². The van der Waals surface area contributed by atoms with Gasteiger partial charge in [0.15, 0.2) is 0 Å². The summed E-state index contributed by atoms with van der Waals surface area (Å²) in [6.45, 7) is 4.24. The highest BCUT2D eigenvalue weighted by Crippen LogP contribution is 2.03. The lowest BCUT2D eigenvalue weighted by Crippen LogP contribution is -2.22. The maximum Gasteiger partial charge on any atom is 0.126 e. The number of nitrogens with one attached hydrogen (secondary N) is 1. The molecule has 0 radical (unpaired) electrons. The summed E-state index contributed by atoms with van der Waals surface area (Å²) in [4.78, 5) is 0. The molecule has 84 valence electrons. The molecule has 0 saturated heterocycles. The van der Waals surface area contributed by atoms with Crippen LogP contribution in [0.1, 0.15) is 12.7 Å². The average Bonchev–Trinajstić information content (AvgIpc) is 2.70. The van der Waals surface area contributed by atoms with E-state index in [0.29, 0.717) is 0 Å². The SMILES string of the molecule is CSCC(C)CNC/C=C/c1ccco1. The lowest BCUT2D eigenvalue weighted by atomic mass is 10.2. The third-order valence-corrected chi connectivity index (χ3v) is 2.93. The molecule has 0 spiro atoms. The largest absolute Gasteiger partial charge is 0.465 e. The first-order chi connectivity index (χ1) is 7.33. The van der Waals surface area contributed by atoms with Crippen molar-refractivity contribution in [3.8, 4) is 0 Å². The van der Waals surface area contributed by atoms with Crippen LogP contribution in [0.25, 0.3) is 6.08 Å². The lowest BCUT2D eigenvalue weighted by molar-refractivity contribution is 0.556. The minimum atomic E-state index is 0.733. The molecule has 1 atom stereocenters. The molecule has 1 unspecified atom stereocenters. The van der Waals surface area contributed by atoms with Crippen LogP contribution < -0.4 is 5.32 Å². The molecule has 1 N–H and O–H groups in total. The second-order valence-corrected chi connectivity index (χ2v) is 4.55. The molecule has 0 aromatic carbocycles. The molecule has 3 heteroatoms. The Bertz CT molecular complexity index is 269. The smallest absolute Gasteiger partial charge is 0.126 e. The van der Waals surface area contributed by atoms with E-state index in [4.69, 9.17) is 4.42 Å². The van der Waals surface area contributed by atoms with Crippen LogP contribution >= 0.6 is 11.8 Å². The predicted octanol–water partition coefficient (Wildman–Crippen LogP) is 2.88. The van der Waals surface area contributed by atoms with E-state index in [1.165, 1.54) is 5.75 Å². The van der Waals surface area contributed by atoms with Gasteiger partial charge in [-0.25, -0.2) is 0 Å². The second-order valence-electron chi connectivity index (χ2n) is 3.64. The standard InChI is InChI=1S/C12H19NOS/c1-11(10-15-2)9-13-7-3-5-12-6-4-8-14-12/h3-6,8,11,13H,7,9-10H2,1-2H3/b5-3+. The zero-order chi connectivity index (χ0) is 10.9. The molecule has 1 rings (SSSR count). The van der Waals surface area contributed by atoms with E-state index in [1.807, 2.05) is 30.0 Å². The monoisotopic (exact) mass is 225 g/mol. The fourth-order valence-corrected chi connectivity index (χ4v) is 2.00. The van der Waals surface area contributed by atoms with Crippen LogP contribution in [0.5, 0.6) is 0 Å². The molecular weight excluding hydrogens is 206 g/mol.